The molecule has 0 N–H and O–H groups in total. The molecule has 0 saturated heterocycles. The fourth-order valence-corrected chi connectivity index (χ4v) is 2.35. The minimum absolute atomic E-state index is 0.105. The number of unbranched alkanes of at least 4 members (excludes halogenated alkanes) is 2. The SMILES string of the molecule is C=CCl.CC12C=CC(CC1)C2.CCCCC[O]. The molecule has 0 spiro atoms. The van der Waals surface area contributed by atoms with Gasteiger partial charge in [-0.2, -0.15) is 0 Å². The standard InChI is InChI=1S/C8H12.C5H11O.C2H3Cl/c1-8-4-2-7(6-8)3-5-8;1-2-3-4-5-6;1-2-3/h2,4,7H,3,5-6H2,1H3;2-5H2,1H3;2H,1H2. The number of rotatable bonds is 3. The van der Waals surface area contributed by atoms with Crippen molar-refractivity contribution in [2.24, 2.45) is 11.3 Å². The first-order valence-electron chi connectivity index (χ1n) is 6.60. The molecular formula is C15H26ClO. The fourth-order valence-electron chi connectivity index (χ4n) is 2.35. The van der Waals surface area contributed by atoms with E-state index in [0.717, 1.165) is 25.2 Å². The van der Waals surface area contributed by atoms with Crippen LogP contribution in [0.5, 0.6) is 0 Å². The molecular weight excluding hydrogens is 232 g/mol. The molecule has 0 aromatic heterocycles. The van der Waals surface area contributed by atoms with Gasteiger partial charge in [0.05, 0.1) is 6.61 Å². The van der Waals surface area contributed by atoms with Gasteiger partial charge in [0.15, 0.2) is 0 Å². The van der Waals surface area contributed by atoms with Gasteiger partial charge in [-0.15, -0.1) is 0 Å². The predicted octanol–water partition coefficient (Wildman–Crippen LogP) is 5.34. The van der Waals surface area contributed by atoms with Gasteiger partial charge in [-0.25, -0.2) is 5.11 Å². The number of hydrogen-bond donors (Lipinski definition) is 0. The van der Waals surface area contributed by atoms with E-state index >= 15 is 0 Å². The Morgan fingerprint density at radius 2 is 2.18 bits per heavy atom. The lowest BCUT2D eigenvalue weighted by atomic mass is 9.91. The van der Waals surface area contributed by atoms with Crippen LogP contribution in [0.1, 0.15) is 52.4 Å². The zero-order valence-electron chi connectivity index (χ0n) is 11.3. The summed E-state index contributed by atoms with van der Waals surface area (Å²) in [6, 6.07) is 0. The van der Waals surface area contributed by atoms with Crippen molar-refractivity contribution in [1.82, 2.24) is 0 Å². The maximum Gasteiger partial charge on any atom is 0.0822 e. The summed E-state index contributed by atoms with van der Waals surface area (Å²) in [5.41, 5.74) is 1.85. The third kappa shape index (κ3) is 7.62. The van der Waals surface area contributed by atoms with Gasteiger partial charge in [-0.05, 0) is 42.6 Å². The lowest BCUT2D eigenvalue weighted by molar-refractivity contribution is 0.186. The van der Waals surface area contributed by atoms with Crippen molar-refractivity contribution in [2.75, 3.05) is 6.61 Å². The summed E-state index contributed by atoms with van der Waals surface area (Å²) < 4.78 is 0. The van der Waals surface area contributed by atoms with Crippen LogP contribution in [-0.4, -0.2) is 6.61 Å². The van der Waals surface area contributed by atoms with Crippen LogP contribution in [0.3, 0.4) is 0 Å². The lowest BCUT2D eigenvalue weighted by Crippen LogP contribution is -2.02. The van der Waals surface area contributed by atoms with Gasteiger partial charge in [0.2, 0.25) is 0 Å². The smallest absolute Gasteiger partial charge is 0.0822 e. The van der Waals surface area contributed by atoms with Gasteiger partial charge < -0.3 is 0 Å². The number of fused-ring (bicyclic) bond motifs is 2. The summed E-state index contributed by atoms with van der Waals surface area (Å²) in [5, 5.41) is 9.69. The lowest BCUT2D eigenvalue weighted by Gasteiger charge is -2.14. The minimum atomic E-state index is 0.105. The molecule has 1 radical (unpaired) electrons. The molecule has 1 fully saturated rings. The van der Waals surface area contributed by atoms with E-state index in [1.807, 2.05) is 0 Å². The molecule has 1 saturated carbocycles. The van der Waals surface area contributed by atoms with Crippen molar-refractivity contribution in [1.29, 1.82) is 0 Å². The largest absolute Gasteiger partial charge is 0.237 e. The topological polar surface area (TPSA) is 19.9 Å². The average Bonchev–Trinajstić information content (AvgIpc) is 2.86. The zero-order valence-corrected chi connectivity index (χ0v) is 12.0. The van der Waals surface area contributed by atoms with Gasteiger partial charge in [0, 0.05) is 0 Å². The molecule has 0 aromatic rings. The highest BCUT2D eigenvalue weighted by atomic mass is 35.5. The Bertz CT molecular complexity index is 221. The quantitative estimate of drug-likeness (QED) is 0.481. The third-order valence-electron chi connectivity index (χ3n) is 3.33. The van der Waals surface area contributed by atoms with Crippen LogP contribution in [-0.2, 0) is 5.11 Å². The van der Waals surface area contributed by atoms with Crippen molar-refractivity contribution in [3.05, 3.63) is 24.3 Å². The predicted molar refractivity (Wildman–Crippen MR) is 75.7 cm³/mol. The van der Waals surface area contributed by atoms with Crippen molar-refractivity contribution < 1.29 is 5.11 Å². The van der Waals surface area contributed by atoms with Gasteiger partial charge in [0.1, 0.15) is 0 Å². The molecule has 2 rings (SSSR count). The highest BCUT2D eigenvalue weighted by molar-refractivity contribution is 6.25. The van der Waals surface area contributed by atoms with Crippen molar-refractivity contribution in [2.45, 2.75) is 52.4 Å². The minimum Gasteiger partial charge on any atom is -0.237 e. The van der Waals surface area contributed by atoms with Crippen molar-refractivity contribution >= 4 is 11.6 Å². The van der Waals surface area contributed by atoms with E-state index in [4.69, 9.17) is 11.6 Å². The number of allylic oxidation sites excluding steroid dienone is 2. The summed E-state index contributed by atoms with van der Waals surface area (Å²) in [5.74, 6) is 0.958. The fraction of sp³-hybridized carbons (Fsp3) is 0.733. The highest BCUT2D eigenvalue weighted by Crippen LogP contribution is 2.48. The van der Waals surface area contributed by atoms with Gasteiger partial charge in [-0.1, -0.05) is 57.0 Å². The molecule has 0 heterocycles. The zero-order chi connectivity index (χ0) is 13.1. The van der Waals surface area contributed by atoms with Crippen LogP contribution in [0.4, 0.5) is 0 Å². The van der Waals surface area contributed by atoms with Crippen LogP contribution in [0, 0.1) is 11.3 Å². The van der Waals surface area contributed by atoms with Crippen LogP contribution < -0.4 is 0 Å². The van der Waals surface area contributed by atoms with E-state index in [9.17, 15) is 5.11 Å². The first kappa shape index (κ1) is 16.7. The van der Waals surface area contributed by atoms with Crippen molar-refractivity contribution in [3.8, 4) is 0 Å². The molecule has 2 bridgehead atoms. The first-order valence-corrected chi connectivity index (χ1v) is 7.04. The molecule has 99 valence electrons. The van der Waals surface area contributed by atoms with E-state index in [-0.39, 0.29) is 6.61 Å². The van der Waals surface area contributed by atoms with E-state index < -0.39 is 0 Å². The normalized spacial score (nSPS) is 27.9. The highest BCUT2D eigenvalue weighted by Gasteiger charge is 2.36. The summed E-state index contributed by atoms with van der Waals surface area (Å²) in [6.45, 7) is 7.70. The molecule has 2 aliphatic carbocycles. The molecule has 2 atom stereocenters. The van der Waals surface area contributed by atoms with Gasteiger partial charge >= 0.3 is 0 Å². The Labute approximate surface area is 112 Å². The summed E-state index contributed by atoms with van der Waals surface area (Å²) in [7, 11) is 0. The molecule has 2 aliphatic rings. The Morgan fingerprint density at radius 1 is 1.53 bits per heavy atom. The Morgan fingerprint density at radius 3 is 2.29 bits per heavy atom. The second-order valence-electron chi connectivity index (χ2n) is 5.08. The van der Waals surface area contributed by atoms with Crippen LogP contribution in [0.2, 0.25) is 0 Å². The summed E-state index contributed by atoms with van der Waals surface area (Å²) in [4.78, 5) is 0. The Hall–Kier alpha value is -0.270. The number of halogens is 1. The first-order chi connectivity index (χ1) is 8.11. The summed E-state index contributed by atoms with van der Waals surface area (Å²) in [6.07, 6.45) is 12.2. The molecule has 0 aliphatic heterocycles. The number of hydrogen-bond acceptors (Lipinski definition) is 0. The van der Waals surface area contributed by atoms with Crippen LogP contribution >= 0.6 is 11.6 Å². The second kappa shape index (κ2) is 9.73. The van der Waals surface area contributed by atoms with E-state index in [2.05, 4.69) is 32.6 Å². The average molecular weight is 258 g/mol. The van der Waals surface area contributed by atoms with Crippen molar-refractivity contribution in [3.63, 3.8) is 0 Å². The van der Waals surface area contributed by atoms with E-state index in [0.29, 0.717) is 5.41 Å². The van der Waals surface area contributed by atoms with Gasteiger partial charge in [0.25, 0.3) is 0 Å². The third-order valence-corrected chi connectivity index (χ3v) is 3.33. The maximum atomic E-state index is 9.69. The Balaban J connectivity index is 0.000000256. The molecule has 0 aromatic carbocycles. The Kier molecular flexibility index (Phi) is 9.57. The maximum absolute atomic E-state index is 9.69. The van der Waals surface area contributed by atoms with Crippen LogP contribution in [0.15, 0.2) is 24.3 Å². The van der Waals surface area contributed by atoms with E-state index in [1.165, 1.54) is 24.8 Å². The molecule has 17 heavy (non-hydrogen) atoms. The second-order valence-corrected chi connectivity index (χ2v) is 5.39. The molecule has 2 unspecified atom stereocenters. The molecule has 0 amide bonds. The molecule has 1 nitrogen and oxygen atoms in total. The van der Waals surface area contributed by atoms with Gasteiger partial charge in [-0.3, -0.25) is 0 Å². The van der Waals surface area contributed by atoms with Crippen LogP contribution in [0.25, 0.3) is 0 Å². The van der Waals surface area contributed by atoms with E-state index in [1.54, 1.807) is 0 Å². The molecule has 2 heteroatoms. The monoisotopic (exact) mass is 257 g/mol. The summed E-state index contributed by atoms with van der Waals surface area (Å²) >= 11 is 4.76.